The van der Waals surface area contributed by atoms with E-state index in [2.05, 4.69) is 31.2 Å². The highest BCUT2D eigenvalue weighted by Crippen LogP contribution is 2.32. The summed E-state index contributed by atoms with van der Waals surface area (Å²) in [5.41, 5.74) is 14.0. The first kappa shape index (κ1) is 20.7. The Bertz CT molecular complexity index is 1450. The number of fused-ring (bicyclic) bond motifs is 2. The summed E-state index contributed by atoms with van der Waals surface area (Å²) < 4.78 is 27.1. The van der Waals surface area contributed by atoms with Crippen molar-refractivity contribution in [1.82, 2.24) is 30.0 Å². The molecule has 4 aromatic rings. The van der Waals surface area contributed by atoms with Crippen LogP contribution >= 0.6 is 0 Å². The van der Waals surface area contributed by atoms with Gasteiger partial charge in [-0.3, -0.25) is 20.0 Å². The number of nitrogens with one attached hydrogen (secondary N) is 2. The van der Waals surface area contributed by atoms with Gasteiger partial charge in [0, 0.05) is 60.7 Å². The number of nitrogens with two attached hydrogens (primary N) is 1. The van der Waals surface area contributed by atoms with Gasteiger partial charge in [-0.25, -0.2) is 8.78 Å². The maximum Gasteiger partial charge on any atom is 0.261 e. The van der Waals surface area contributed by atoms with Gasteiger partial charge in [0.15, 0.2) is 0 Å². The van der Waals surface area contributed by atoms with E-state index < -0.39 is 5.92 Å². The van der Waals surface area contributed by atoms with Gasteiger partial charge in [-0.1, -0.05) is 12.2 Å². The van der Waals surface area contributed by atoms with Crippen molar-refractivity contribution in [2.24, 2.45) is 5.73 Å². The third kappa shape index (κ3) is 3.88. The standard InChI is InChI=1S/C25H23F2N7/c26-25(27)4-5-34(14-25)13-15-6-17(11-29-10-15)20-9-19-23(12-30-20)32-33-24(19)22-7-16-2-1-3-18(28)8-21(16)31-22/h1-3,6-7,9-12,31H,4-5,8,13-14,28H2,(H,32,33). The molecular formula is C25H23F2N7. The molecule has 172 valence electrons. The van der Waals surface area contributed by atoms with Gasteiger partial charge in [-0.2, -0.15) is 5.10 Å². The van der Waals surface area contributed by atoms with E-state index >= 15 is 0 Å². The second-order valence-corrected chi connectivity index (χ2v) is 8.98. The Balaban J connectivity index is 1.32. The first-order valence-corrected chi connectivity index (χ1v) is 11.2. The molecular weight excluding hydrogens is 436 g/mol. The lowest BCUT2D eigenvalue weighted by Crippen LogP contribution is -2.24. The van der Waals surface area contributed by atoms with E-state index in [-0.39, 0.29) is 13.0 Å². The molecule has 0 radical (unpaired) electrons. The number of hydrogen-bond donors (Lipinski definition) is 3. The van der Waals surface area contributed by atoms with Crippen LogP contribution in [0.1, 0.15) is 23.2 Å². The Labute approximate surface area is 194 Å². The number of H-pyrrole nitrogens is 2. The molecule has 1 aliphatic carbocycles. The van der Waals surface area contributed by atoms with Crippen LogP contribution in [0.15, 0.2) is 54.6 Å². The van der Waals surface area contributed by atoms with Gasteiger partial charge in [-0.05, 0) is 35.4 Å². The normalized spacial score (nSPS) is 17.6. The lowest BCUT2D eigenvalue weighted by Gasteiger charge is -2.15. The lowest BCUT2D eigenvalue weighted by atomic mass is 10.1. The molecule has 0 aromatic carbocycles. The molecule has 0 spiro atoms. The molecule has 4 aromatic heterocycles. The van der Waals surface area contributed by atoms with Crippen LogP contribution in [-0.4, -0.2) is 49.1 Å². The zero-order valence-electron chi connectivity index (χ0n) is 18.4. The van der Waals surface area contributed by atoms with E-state index in [0.717, 1.165) is 56.1 Å². The minimum Gasteiger partial charge on any atom is -0.402 e. The fraction of sp³-hybridized carbons (Fsp3) is 0.240. The highest BCUT2D eigenvalue weighted by molar-refractivity contribution is 5.94. The predicted molar refractivity (Wildman–Crippen MR) is 127 cm³/mol. The summed E-state index contributed by atoms with van der Waals surface area (Å²) in [7, 11) is 0. The summed E-state index contributed by atoms with van der Waals surface area (Å²) in [6.07, 6.45) is 11.7. The van der Waals surface area contributed by atoms with Crippen molar-refractivity contribution in [3.8, 4) is 22.6 Å². The molecule has 0 atom stereocenters. The van der Waals surface area contributed by atoms with Crippen LogP contribution in [0.3, 0.4) is 0 Å². The average Bonchev–Trinajstić information content (AvgIpc) is 3.47. The zero-order chi connectivity index (χ0) is 23.3. The number of aromatic amines is 2. The summed E-state index contributed by atoms with van der Waals surface area (Å²) in [5, 5.41) is 8.51. The molecule has 34 heavy (non-hydrogen) atoms. The van der Waals surface area contributed by atoms with Gasteiger partial charge < -0.3 is 10.7 Å². The number of likely N-dealkylation sites (tertiary alicyclic amines) is 1. The molecule has 2 aliphatic rings. The number of halogens is 2. The number of alkyl halides is 2. The van der Waals surface area contributed by atoms with Gasteiger partial charge in [0.25, 0.3) is 5.92 Å². The van der Waals surface area contributed by atoms with Crippen LogP contribution in [0.4, 0.5) is 8.78 Å². The van der Waals surface area contributed by atoms with Crippen molar-refractivity contribution in [2.75, 3.05) is 13.1 Å². The Kier molecular flexibility index (Phi) is 4.80. The monoisotopic (exact) mass is 459 g/mol. The fourth-order valence-corrected chi connectivity index (χ4v) is 4.67. The SMILES string of the molecule is NC1=CC=Cc2cc(-c3n[nH]c4cnc(-c5cncc(CN6CCC(F)(F)C6)c5)cc34)[nH]c2C1. The minimum atomic E-state index is -2.61. The molecule has 9 heteroatoms. The van der Waals surface area contributed by atoms with Gasteiger partial charge in [0.05, 0.1) is 29.6 Å². The maximum atomic E-state index is 13.6. The van der Waals surface area contributed by atoms with Crippen LogP contribution in [0.25, 0.3) is 39.6 Å². The predicted octanol–water partition coefficient (Wildman–Crippen LogP) is 4.27. The molecule has 0 bridgehead atoms. The molecule has 1 aliphatic heterocycles. The molecule has 0 saturated carbocycles. The van der Waals surface area contributed by atoms with E-state index in [1.807, 2.05) is 30.4 Å². The van der Waals surface area contributed by atoms with Crippen molar-refractivity contribution in [2.45, 2.75) is 25.3 Å². The Morgan fingerprint density at radius 3 is 2.91 bits per heavy atom. The summed E-state index contributed by atoms with van der Waals surface area (Å²) in [4.78, 5) is 14.1. The molecule has 4 N–H and O–H groups in total. The highest BCUT2D eigenvalue weighted by Gasteiger charge is 2.37. The van der Waals surface area contributed by atoms with Crippen LogP contribution in [-0.2, 0) is 13.0 Å². The molecule has 6 rings (SSSR count). The highest BCUT2D eigenvalue weighted by atomic mass is 19.3. The van der Waals surface area contributed by atoms with E-state index in [0.29, 0.717) is 19.5 Å². The summed E-state index contributed by atoms with van der Waals surface area (Å²) in [6, 6.07) is 6.02. The molecule has 7 nitrogen and oxygen atoms in total. The van der Waals surface area contributed by atoms with Gasteiger partial charge >= 0.3 is 0 Å². The number of hydrogen-bond acceptors (Lipinski definition) is 5. The van der Waals surface area contributed by atoms with Crippen LogP contribution in [0.2, 0.25) is 0 Å². The number of allylic oxidation sites excluding steroid dienone is 3. The molecule has 0 unspecified atom stereocenters. The minimum absolute atomic E-state index is 0.0948. The van der Waals surface area contributed by atoms with Crippen LogP contribution in [0.5, 0.6) is 0 Å². The number of rotatable bonds is 4. The van der Waals surface area contributed by atoms with Crippen molar-refractivity contribution in [3.05, 3.63) is 71.5 Å². The summed E-state index contributed by atoms with van der Waals surface area (Å²) >= 11 is 0. The fourth-order valence-electron chi connectivity index (χ4n) is 4.67. The van der Waals surface area contributed by atoms with Crippen molar-refractivity contribution in [3.63, 3.8) is 0 Å². The van der Waals surface area contributed by atoms with E-state index in [9.17, 15) is 8.78 Å². The van der Waals surface area contributed by atoms with E-state index in [1.165, 1.54) is 0 Å². The summed E-state index contributed by atoms with van der Waals surface area (Å²) in [6.45, 7) is 0.613. The Morgan fingerprint density at radius 2 is 2.06 bits per heavy atom. The van der Waals surface area contributed by atoms with E-state index in [1.54, 1.807) is 23.5 Å². The van der Waals surface area contributed by atoms with Crippen molar-refractivity contribution < 1.29 is 8.78 Å². The Morgan fingerprint density at radius 1 is 1.15 bits per heavy atom. The first-order chi connectivity index (χ1) is 16.4. The number of nitrogens with zero attached hydrogens (tertiary/aromatic N) is 4. The van der Waals surface area contributed by atoms with E-state index in [4.69, 9.17) is 5.73 Å². The van der Waals surface area contributed by atoms with Gasteiger partial charge in [0.2, 0.25) is 0 Å². The molecule has 1 fully saturated rings. The Hall–Kier alpha value is -3.85. The lowest BCUT2D eigenvalue weighted by molar-refractivity contribution is 0.0115. The third-order valence-electron chi connectivity index (χ3n) is 6.35. The first-order valence-electron chi connectivity index (χ1n) is 11.2. The molecule has 1 saturated heterocycles. The smallest absolute Gasteiger partial charge is 0.261 e. The van der Waals surface area contributed by atoms with Crippen molar-refractivity contribution >= 4 is 17.0 Å². The number of aromatic nitrogens is 5. The van der Waals surface area contributed by atoms with Crippen molar-refractivity contribution in [1.29, 1.82) is 0 Å². The van der Waals surface area contributed by atoms with Crippen LogP contribution < -0.4 is 5.73 Å². The average molecular weight is 460 g/mol. The van der Waals surface area contributed by atoms with Crippen LogP contribution in [0, 0.1) is 0 Å². The maximum absolute atomic E-state index is 13.6. The number of pyridine rings is 2. The topological polar surface area (TPSA) is 99.5 Å². The van der Waals surface area contributed by atoms with Gasteiger partial charge in [-0.15, -0.1) is 0 Å². The second kappa shape index (κ2) is 7.88. The zero-order valence-corrected chi connectivity index (χ0v) is 18.4. The summed E-state index contributed by atoms with van der Waals surface area (Å²) in [5.74, 6) is -2.61. The molecule has 5 heterocycles. The second-order valence-electron chi connectivity index (χ2n) is 8.98. The van der Waals surface area contributed by atoms with Gasteiger partial charge in [0.1, 0.15) is 5.69 Å². The third-order valence-corrected chi connectivity index (χ3v) is 6.35. The quantitative estimate of drug-likeness (QED) is 0.423. The largest absolute Gasteiger partial charge is 0.402 e. The molecule has 0 amide bonds.